The molecular weight excluding hydrogens is 189 g/mol. The minimum atomic E-state index is -0.0467. The largest absolute Gasteiger partial charge is 0.314 e. The molecule has 1 aliphatic rings. The van der Waals surface area contributed by atoms with E-state index in [0.29, 0.717) is 17.9 Å². The summed E-state index contributed by atoms with van der Waals surface area (Å²) in [5.74, 6) is 1.02. The minimum Gasteiger partial charge on any atom is -0.314 e. The van der Waals surface area contributed by atoms with E-state index in [9.17, 15) is 4.39 Å². The van der Waals surface area contributed by atoms with Gasteiger partial charge in [0.2, 0.25) is 0 Å². The maximum absolute atomic E-state index is 13.4. The maximum Gasteiger partial charge on any atom is 0.126 e. The van der Waals surface area contributed by atoms with Gasteiger partial charge in [-0.25, -0.2) is 4.39 Å². The van der Waals surface area contributed by atoms with Crippen molar-refractivity contribution in [1.29, 1.82) is 0 Å². The van der Waals surface area contributed by atoms with Gasteiger partial charge in [0.1, 0.15) is 5.82 Å². The highest BCUT2D eigenvalue weighted by molar-refractivity contribution is 5.27. The molecule has 1 nitrogen and oxygen atoms in total. The van der Waals surface area contributed by atoms with Crippen LogP contribution in [0.15, 0.2) is 24.3 Å². The average molecular weight is 207 g/mol. The minimum absolute atomic E-state index is 0.0467. The standard InChI is InChI=1S/C13H18FN/c1-9(2)15-8-10-7-12(10)11-5-3-4-6-13(11)14/h3-6,9-10,12,15H,7-8H2,1-2H3. The van der Waals surface area contributed by atoms with Crippen molar-refractivity contribution in [3.63, 3.8) is 0 Å². The molecule has 1 fully saturated rings. The van der Waals surface area contributed by atoms with Crippen molar-refractivity contribution in [1.82, 2.24) is 5.32 Å². The van der Waals surface area contributed by atoms with E-state index in [-0.39, 0.29) is 5.82 Å². The topological polar surface area (TPSA) is 12.0 Å². The molecule has 15 heavy (non-hydrogen) atoms. The number of halogens is 1. The highest BCUT2D eigenvalue weighted by Crippen LogP contribution is 2.47. The molecule has 0 aromatic heterocycles. The predicted octanol–water partition coefficient (Wildman–Crippen LogP) is 2.93. The Hall–Kier alpha value is -0.890. The zero-order valence-electron chi connectivity index (χ0n) is 9.33. The maximum atomic E-state index is 13.4. The van der Waals surface area contributed by atoms with Gasteiger partial charge in [-0.15, -0.1) is 0 Å². The molecule has 1 aromatic carbocycles. The number of benzene rings is 1. The normalized spacial score (nSPS) is 24.5. The molecule has 2 rings (SSSR count). The molecule has 2 atom stereocenters. The molecule has 2 heteroatoms. The van der Waals surface area contributed by atoms with Gasteiger partial charge in [-0.05, 0) is 36.4 Å². The molecule has 0 aliphatic heterocycles. The Labute approximate surface area is 90.7 Å². The first-order chi connectivity index (χ1) is 7.18. The fourth-order valence-corrected chi connectivity index (χ4v) is 2.02. The van der Waals surface area contributed by atoms with Gasteiger partial charge in [0.05, 0.1) is 0 Å². The summed E-state index contributed by atoms with van der Waals surface area (Å²) in [6.07, 6.45) is 1.13. The monoisotopic (exact) mass is 207 g/mol. The summed E-state index contributed by atoms with van der Waals surface area (Å²) in [6, 6.07) is 7.66. The quantitative estimate of drug-likeness (QED) is 0.800. The fraction of sp³-hybridized carbons (Fsp3) is 0.538. The first-order valence-electron chi connectivity index (χ1n) is 5.66. The smallest absolute Gasteiger partial charge is 0.126 e. The first-order valence-corrected chi connectivity index (χ1v) is 5.66. The lowest BCUT2D eigenvalue weighted by molar-refractivity contribution is 0.549. The zero-order valence-corrected chi connectivity index (χ0v) is 9.33. The van der Waals surface area contributed by atoms with Crippen LogP contribution in [0.5, 0.6) is 0 Å². The molecule has 1 aliphatic carbocycles. The Morgan fingerprint density at radius 2 is 2.13 bits per heavy atom. The van der Waals surface area contributed by atoms with Gasteiger partial charge in [-0.3, -0.25) is 0 Å². The van der Waals surface area contributed by atoms with E-state index in [1.54, 1.807) is 12.1 Å². The Bertz CT molecular complexity index is 335. The van der Waals surface area contributed by atoms with Gasteiger partial charge in [-0.1, -0.05) is 32.0 Å². The van der Waals surface area contributed by atoms with Gasteiger partial charge in [0.15, 0.2) is 0 Å². The summed E-state index contributed by atoms with van der Waals surface area (Å²) < 4.78 is 13.4. The van der Waals surface area contributed by atoms with Gasteiger partial charge in [0.25, 0.3) is 0 Å². The summed E-state index contributed by atoms with van der Waals surface area (Å²) in [6.45, 7) is 5.29. The predicted molar refractivity (Wildman–Crippen MR) is 60.4 cm³/mol. The molecular formula is C13H18FN. The third kappa shape index (κ3) is 2.57. The Morgan fingerprint density at radius 1 is 1.40 bits per heavy atom. The van der Waals surface area contributed by atoms with Crippen molar-refractivity contribution >= 4 is 0 Å². The van der Waals surface area contributed by atoms with Crippen LogP contribution in [0.2, 0.25) is 0 Å². The molecule has 1 saturated carbocycles. The van der Waals surface area contributed by atoms with Gasteiger partial charge >= 0.3 is 0 Å². The summed E-state index contributed by atoms with van der Waals surface area (Å²) in [5.41, 5.74) is 0.896. The van der Waals surface area contributed by atoms with Crippen molar-refractivity contribution < 1.29 is 4.39 Å². The molecule has 82 valence electrons. The van der Waals surface area contributed by atoms with Crippen molar-refractivity contribution in [2.45, 2.75) is 32.2 Å². The Kier molecular flexibility index (Phi) is 3.06. The number of hydrogen-bond acceptors (Lipinski definition) is 1. The van der Waals surface area contributed by atoms with E-state index in [0.717, 1.165) is 18.5 Å². The van der Waals surface area contributed by atoms with Crippen molar-refractivity contribution in [3.8, 4) is 0 Å². The van der Waals surface area contributed by atoms with Crippen LogP contribution < -0.4 is 5.32 Å². The molecule has 1 N–H and O–H groups in total. The van der Waals surface area contributed by atoms with Gasteiger partial charge in [0, 0.05) is 6.04 Å². The highest BCUT2D eigenvalue weighted by atomic mass is 19.1. The van der Waals surface area contributed by atoms with Crippen molar-refractivity contribution in [2.75, 3.05) is 6.54 Å². The van der Waals surface area contributed by atoms with E-state index < -0.39 is 0 Å². The lowest BCUT2D eigenvalue weighted by atomic mass is 10.1. The van der Waals surface area contributed by atoms with Crippen molar-refractivity contribution in [2.24, 2.45) is 5.92 Å². The lowest BCUT2D eigenvalue weighted by Gasteiger charge is -2.07. The van der Waals surface area contributed by atoms with Crippen LogP contribution in [-0.4, -0.2) is 12.6 Å². The molecule has 0 amide bonds. The molecule has 0 bridgehead atoms. The van der Waals surface area contributed by atoms with Gasteiger partial charge in [-0.2, -0.15) is 0 Å². The third-order valence-electron chi connectivity index (χ3n) is 3.02. The van der Waals surface area contributed by atoms with Crippen LogP contribution >= 0.6 is 0 Å². The van der Waals surface area contributed by atoms with E-state index >= 15 is 0 Å². The SMILES string of the molecule is CC(C)NCC1CC1c1ccccc1F. The van der Waals surface area contributed by atoms with Crippen LogP contribution in [0.4, 0.5) is 4.39 Å². The van der Waals surface area contributed by atoms with E-state index in [2.05, 4.69) is 19.2 Å². The third-order valence-corrected chi connectivity index (χ3v) is 3.02. The second kappa shape index (κ2) is 4.31. The summed E-state index contributed by atoms with van der Waals surface area (Å²) in [4.78, 5) is 0. The molecule has 0 saturated heterocycles. The van der Waals surface area contributed by atoms with E-state index in [1.807, 2.05) is 12.1 Å². The summed E-state index contributed by atoms with van der Waals surface area (Å²) in [5, 5.41) is 3.40. The molecule has 0 heterocycles. The zero-order chi connectivity index (χ0) is 10.8. The lowest BCUT2D eigenvalue weighted by Crippen LogP contribution is -2.25. The van der Waals surface area contributed by atoms with Crippen LogP contribution in [0.25, 0.3) is 0 Å². The average Bonchev–Trinajstić information content (AvgIpc) is 2.95. The Morgan fingerprint density at radius 3 is 2.80 bits per heavy atom. The summed E-state index contributed by atoms with van der Waals surface area (Å²) in [7, 11) is 0. The molecule has 0 radical (unpaired) electrons. The van der Waals surface area contributed by atoms with Crippen LogP contribution in [0.1, 0.15) is 31.7 Å². The fourth-order valence-electron chi connectivity index (χ4n) is 2.02. The molecule has 0 spiro atoms. The van der Waals surface area contributed by atoms with E-state index in [1.165, 1.54) is 0 Å². The van der Waals surface area contributed by atoms with Crippen molar-refractivity contribution in [3.05, 3.63) is 35.6 Å². The van der Waals surface area contributed by atoms with Gasteiger partial charge < -0.3 is 5.32 Å². The second-order valence-electron chi connectivity index (χ2n) is 4.69. The van der Waals surface area contributed by atoms with Crippen LogP contribution in [0.3, 0.4) is 0 Å². The van der Waals surface area contributed by atoms with Crippen LogP contribution in [-0.2, 0) is 0 Å². The first kappa shape index (κ1) is 10.6. The number of rotatable bonds is 4. The number of nitrogens with one attached hydrogen (secondary N) is 1. The number of hydrogen-bond donors (Lipinski definition) is 1. The van der Waals surface area contributed by atoms with Crippen LogP contribution in [0, 0.1) is 11.7 Å². The second-order valence-corrected chi connectivity index (χ2v) is 4.69. The molecule has 1 aromatic rings. The summed E-state index contributed by atoms with van der Waals surface area (Å²) >= 11 is 0. The van der Waals surface area contributed by atoms with E-state index in [4.69, 9.17) is 0 Å². The molecule has 2 unspecified atom stereocenters. The highest BCUT2D eigenvalue weighted by Gasteiger charge is 2.39. The Balaban J connectivity index is 1.91.